The average Bonchev–Trinajstić information content (AvgIpc) is 2.36. The summed E-state index contributed by atoms with van der Waals surface area (Å²) in [5, 5.41) is 19.5. The number of hydrogen-bond donors (Lipinski definition) is 0. The molecule has 1 aromatic carbocycles. The maximum absolute atomic E-state index is 10.7. The van der Waals surface area contributed by atoms with Crippen molar-refractivity contribution in [1.29, 1.82) is 5.26 Å². The van der Waals surface area contributed by atoms with Crippen molar-refractivity contribution in [2.45, 2.75) is 26.7 Å². The molecule has 0 aliphatic rings. The zero-order chi connectivity index (χ0) is 14.5. The summed E-state index contributed by atoms with van der Waals surface area (Å²) in [4.78, 5) is 10.2. The third-order valence-corrected chi connectivity index (χ3v) is 3.29. The molecule has 0 aliphatic carbocycles. The second kappa shape index (κ2) is 6.53. The molecule has 0 bridgehead atoms. The predicted molar refractivity (Wildman–Crippen MR) is 74.9 cm³/mol. The molecule has 102 valence electrons. The number of hydrogen-bond acceptors (Lipinski definition) is 4. The number of rotatable bonds is 6. The van der Waals surface area contributed by atoms with Gasteiger partial charge in [0, 0.05) is 6.07 Å². The fourth-order valence-corrected chi connectivity index (χ4v) is 1.83. The SMILES string of the molecule is CC(C)(C#N)CCCOc1cc([N+](=O)[O-])ccc1Br. The van der Waals surface area contributed by atoms with Gasteiger partial charge in [0.25, 0.3) is 5.69 Å². The van der Waals surface area contributed by atoms with E-state index < -0.39 is 4.92 Å². The summed E-state index contributed by atoms with van der Waals surface area (Å²) in [7, 11) is 0. The molecule has 0 spiro atoms. The minimum Gasteiger partial charge on any atom is -0.492 e. The summed E-state index contributed by atoms with van der Waals surface area (Å²) in [6, 6.07) is 6.61. The van der Waals surface area contributed by atoms with Crippen LogP contribution >= 0.6 is 15.9 Å². The topological polar surface area (TPSA) is 76.2 Å². The zero-order valence-corrected chi connectivity index (χ0v) is 12.4. The molecular formula is C13H15BrN2O3. The van der Waals surface area contributed by atoms with E-state index in [2.05, 4.69) is 22.0 Å². The Balaban J connectivity index is 2.56. The highest BCUT2D eigenvalue weighted by Gasteiger charge is 2.16. The zero-order valence-electron chi connectivity index (χ0n) is 10.9. The number of benzene rings is 1. The van der Waals surface area contributed by atoms with Gasteiger partial charge in [0.2, 0.25) is 0 Å². The largest absolute Gasteiger partial charge is 0.492 e. The van der Waals surface area contributed by atoms with Crippen molar-refractivity contribution >= 4 is 21.6 Å². The van der Waals surface area contributed by atoms with Gasteiger partial charge < -0.3 is 4.74 Å². The number of ether oxygens (including phenoxy) is 1. The van der Waals surface area contributed by atoms with Crippen molar-refractivity contribution in [1.82, 2.24) is 0 Å². The van der Waals surface area contributed by atoms with E-state index in [9.17, 15) is 10.1 Å². The van der Waals surface area contributed by atoms with E-state index in [0.717, 1.165) is 12.8 Å². The highest BCUT2D eigenvalue weighted by atomic mass is 79.9. The molecule has 0 aliphatic heterocycles. The summed E-state index contributed by atoms with van der Waals surface area (Å²) in [6.45, 7) is 4.16. The molecule has 5 nitrogen and oxygen atoms in total. The quantitative estimate of drug-likeness (QED) is 0.448. The lowest BCUT2D eigenvalue weighted by Gasteiger charge is -2.15. The number of nitriles is 1. The van der Waals surface area contributed by atoms with E-state index in [-0.39, 0.29) is 11.1 Å². The highest BCUT2D eigenvalue weighted by Crippen LogP contribution is 2.29. The van der Waals surface area contributed by atoms with Crippen molar-refractivity contribution in [2.24, 2.45) is 5.41 Å². The fraction of sp³-hybridized carbons (Fsp3) is 0.462. The van der Waals surface area contributed by atoms with Crippen LogP contribution in [0.15, 0.2) is 22.7 Å². The Morgan fingerprint density at radius 2 is 2.21 bits per heavy atom. The average molecular weight is 327 g/mol. The molecule has 1 rings (SSSR count). The standard InChI is InChI=1S/C13H15BrN2O3/c1-13(2,9-15)6-3-7-19-12-8-10(16(17)18)4-5-11(12)14/h4-5,8H,3,6-7H2,1-2H3. The summed E-state index contributed by atoms with van der Waals surface area (Å²) in [5.74, 6) is 0.448. The second-order valence-electron chi connectivity index (χ2n) is 4.82. The van der Waals surface area contributed by atoms with Crippen LogP contribution in [-0.2, 0) is 0 Å². The summed E-state index contributed by atoms with van der Waals surface area (Å²) >= 11 is 3.28. The van der Waals surface area contributed by atoms with Crippen LogP contribution in [0, 0.1) is 26.9 Å². The van der Waals surface area contributed by atoms with Gasteiger partial charge in [-0.25, -0.2) is 0 Å². The van der Waals surface area contributed by atoms with E-state index in [4.69, 9.17) is 10.00 Å². The molecule has 0 N–H and O–H groups in total. The number of nitro benzene ring substituents is 1. The Morgan fingerprint density at radius 3 is 2.79 bits per heavy atom. The lowest BCUT2D eigenvalue weighted by Crippen LogP contribution is -2.10. The molecule has 0 amide bonds. The molecule has 0 atom stereocenters. The first-order valence-corrected chi connectivity index (χ1v) is 6.63. The van der Waals surface area contributed by atoms with Crippen LogP contribution < -0.4 is 4.74 Å². The highest BCUT2D eigenvalue weighted by molar-refractivity contribution is 9.10. The Bertz CT molecular complexity index is 509. The number of halogens is 1. The van der Waals surface area contributed by atoms with Crippen molar-refractivity contribution in [3.63, 3.8) is 0 Å². The first-order chi connectivity index (χ1) is 8.85. The Hall–Kier alpha value is -1.61. The van der Waals surface area contributed by atoms with Gasteiger partial charge in [-0.15, -0.1) is 0 Å². The van der Waals surface area contributed by atoms with Crippen LogP contribution in [0.25, 0.3) is 0 Å². The van der Waals surface area contributed by atoms with Crippen molar-refractivity contribution in [3.05, 3.63) is 32.8 Å². The first kappa shape index (κ1) is 15.4. The van der Waals surface area contributed by atoms with Crippen molar-refractivity contribution < 1.29 is 9.66 Å². The minimum atomic E-state index is -0.460. The molecule has 0 unspecified atom stereocenters. The maximum atomic E-state index is 10.7. The molecule has 0 fully saturated rings. The van der Waals surface area contributed by atoms with Crippen LogP contribution in [0.3, 0.4) is 0 Å². The molecule has 6 heteroatoms. The number of nitrogens with zero attached hydrogens (tertiary/aromatic N) is 2. The molecular weight excluding hydrogens is 312 g/mol. The lowest BCUT2D eigenvalue weighted by atomic mass is 9.90. The van der Waals surface area contributed by atoms with Gasteiger partial charge in [-0.05, 0) is 48.7 Å². The predicted octanol–water partition coefficient (Wildman–Crippen LogP) is 4.07. The van der Waals surface area contributed by atoms with Gasteiger partial charge in [0.05, 0.1) is 33.6 Å². The number of nitro groups is 1. The van der Waals surface area contributed by atoms with Gasteiger partial charge in [-0.3, -0.25) is 10.1 Å². The number of non-ortho nitro benzene ring substituents is 1. The van der Waals surface area contributed by atoms with Crippen LogP contribution in [0.1, 0.15) is 26.7 Å². The smallest absolute Gasteiger partial charge is 0.273 e. The lowest BCUT2D eigenvalue weighted by molar-refractivity contribution is -0.385. The fourth-order valence-electron chi connectivity index (χ4n) is 1.47. The van der Waals surface area contributed by atoms with E-state index in [1.54, 1.807) is 6.07 Å². The Morgan fingerprint density at radius 1 is 1.53 bits per heavy atom. The molecule has 1 aromatic rings. The Labute approximate surface area is 120 Å². The van der Waals surface area contributed by atoms with Crippen molar-refractivity contribution in [2.75, 3.05) is 6.61 Å². The van der Waals surface area contributed by atoms with Gasteiger partial charge in [0.15, 0.2) is 0 Å². The molecule has 19 heavy (non-hydrogen) atoms. The normalized spacial score (nSPS) is 10.8. The third-order valence-electron chi connectivity index (χ3n) is 2.63. The molecule has 0 radical (unpaired) electrons. The van der Waals surface area contributed by atoms with Gasteiger partial charge in [0.1, 0.15) is 5.75 Å². The van der Waals surface area contributed by atoms with Crippen LogP contribution in [0.2, 0.25) is 0 Å². The third kappa shape index (κ3) is 4.87. The van der Waals surface area contributed by atoms with E-state index in [1.807, 2.05) is 13.8 Å². The van der Waals surface area contributed by atoms with E-state index in [1.165, 1.54) is 12.1 Å². The van der Waals surface area contributed by atoms with Crippen LogP contribution in [0.5, 0.6) is 5.75 Å². The second-order valence-corrected chi connectivity index (χ2v) is 5.67. The molecule has 0 saturated carbocycles. The summed E-state index contributed by atoms with van der Waals surface area (Å²) < 4.78 is 6.19. The molecule has 0 saturated heterocycles. The molecule has 0 aromatic heterocycles. The monoisotopic (exact) mass is 326 g/mol. The first-order valence-electron chi connectivity index (χ1n) is 5.84. The van der Waals surface area contributed by atoms with E-state index in [0.29, 0.717) is 16.8 Å². The molecule has 0 heterocycles. The maximum Gasteiger partial charge on any atom is 0.273 e. The Kier molecular flexibility index (Phi) is 5.31. The summed E-state index contributed by atoms with van der Waals surface area (Å²) in [5.41, 5.74) is -0.376. The minimum absolute atomic E-state index is 0.00412. The van der Waals surface area contributed by atoms with Gasteiger partial charge >= 0.3 is 0 Å². The summed E-state index contributed by atoms with van der Waals surface area (Å²) in [6.07, 6.45) is 1.44. The van der Waals surface area contributed by atoms with Gasteiger partial charge in [-0.2, -0.15) is 5.26 Å². The van der Waals surface area contributed by atoms with Crippen LogP contribution in [-0.4, -0.2) is 11.5 Å². The van der Waals surface area contributed by atoms with Crippen molar-refractivity contribution in [3.8, 4) is 11.8 Å². The van der Waals surface area contributed by atoms with E-state index >= 15 is 0 Å². The van der Waals surface area contributed by atoms with Gasteiger partial charge in [-0.1, -0.05) is 0 Å². The van der Waals surface area contributed by atoms with Crippen LogP contribution in [0.4, 0.5) is 5.69 Å².